The van der Waals surface area contributed by atoms with Gasteiger partial charge >= 0.3 is 5.97 Å². The monoisotopic (exact) mass is 345 g/mol. The molecule has 1 aromatic heterocycles. The molecule has 0 spiro atoms. The number of halogens is 2. The van der Waals surface area contributed by atoms with Crippen LogP contribution < -0.4 is 0 Å². The molecule has 0 N–H and O–H groups in total. The number of hydrogen-bond acceptors (Lipinski definition) is 5. The second kappa shape index (κ2) is 6.76. The van der Waals surface area contributed by atoms with E-state index < -0.39 is 30.0 Å². The van der Waals surface area contributed by atoms with Crippen molar-refractivity contribution in [3.05, 3.63) is 59.2 Å². The molecule has 2 aromatic carbocycles. The largest absolute Gasteiger partial charge is 0.454 e. The number of ketones is 1. The Labute approximate surface area is 141 Å². The molecule has 128 valence electrons. The van der Waals surface area contributed by atoms with E-state index in [-0.39, 0.29) is 11.1 Å². The maximum absolute atomic E-state index is 13.1. The van der Waals surface area contributed by atoms with Gasteiger partial charge in [-0.05, 0) is 43.3 Å². The van der Waals surface area contributed by atoms with Crippen LogP contribution in [-0.4, -0.2) is 33.4 Å². The standard InChI is InChI=1S/C17H13F2N3O3/c1-2-22-15-6-4-11(8-14(15)20-21-22)17(24)25-9-16(23)10-3-5-12(18)13(19)7-10/h3-8H,2,9H2,1H3. The van der Waals surface area contributed by atoms with Gasteiger partial charge in [-0.2, -0.15) is 0 Å². The lowest BCUT2D eigenvalue weighted by molar-refractivity contribution is 0.0475. The number of carbonyl (C=O) groups is 2. The van der Waals surface area contributed by atoms with Gasteiger partial charge in [-0.3, -0.25) is 4.79 Å². The van der Waals surface area contributed by atoms with Crippen molar-refractivity contribution in [1.82, 2.24) is 15.0 Å². The summed E-state index contributed by atoms with van der Waals surface area (Å²) in [6.07, 6.45) is 0. The average molecular weight is 345 g/mol. The van der Waals surface area contributed by atoms with Crippen LogP contribution in [0.3, 0.4) is 0 Å². The average Bonchev–Trinajstić information content (AvgIpc) is 3.03. The third-order valence-electron chi connectivity index (χ3n) is 3.63. The summed E-state index contributed by atoms with van der Waals surface area (Å²) < 4.78 is 32.6. The second-order valence-corrected chi connectivity index (χ2v) is 5.24. The highest BCUT2D eigenvalue weighted by Gasteiger charge is 2.15. The molecule has 0 atom stereocenters. The fourth-order valence-electron chi connectivity index (χ4n) is 2.30. The van der Waals surface area contributed by atoms with Gasteiger partial charge in [0.2, 0.25) is 0 Å². The van der Waals surface area contributed by atoms with Crippen LogP contribution in [0.15, 0.2) is 36.4 Å². The van der Waals surface area contributed by atoms with Gasteiger partial charge in [-0.15, -0.1) is 5.10 Å². The van der Waals surface area contributed by atoms with Crippen molar-refractivity contribution in [2.75, 3.05) is 6.61 Å². The molecule has 0 unspecified atom stereocenters. The molecule has 0 aliphatic carbocycles. The lowest BCUT2D eigenvalue weighted by Gasteiger charge is -2.05. The molecular formula is C17H13F2N3O3. The van der Waals surface area contributed by atoms with Crippen LogP contribution in [0.5, 0.6) is 0 Å². The molecule has 8 heteroatoms. The number of aromatic nitrogens is 3. The van der Waals surface area contributed by atoms with E-state index in [1.165, 1.54) is 6.07 Å². The summed E-state index contributed by atoms with van der Waals surface area (Å²) in [5.74, 6) is -3.54. The van der Waals surface area contributed by atoms with Gasteiger partial charge in [0.05, 0.1) is 11.1 Å². The number of carbonyl (C=O) groups excluding carboxylic acids is 2. The minimum Gasteiger partial charge on any atom is -0.454 e. The molecule has 6 nitrogen and oxygen atoms in total. The number of rotatable bonds is 5. The molecule has 3 aromatic rings. The summed E-state index contributed by atoms with van der Waals surface area (Å²) in [5.41, 5.74) is 1.45. The van der Waals surface area contributed by atoms with Crippen molar-refractivity contribution in [3.63, 3.8) is 0 Å². The maximum Gasteiger partial charge on any atom is 0.338 e. The Kier molecular flexibility index (Phi) is 4.51. The number of Topliss-reactive ketones (excluding diaryl/α,β-unsaturated/α-hetero) is 1. The number of hydrogen-bond donors (Lipinski definition) is 0. The first kappa shape index (κ1) is 16.7. The minimum absolute atomic E-state index is 0.0759. The van der Waals surface area contributed by atoms with E-state index in [4.69, 9.17) is 4.74 Å². The molecule has 0 saturated carbocycles. The summed E-state index contributed by atoms with van der Waals surface area (Å²) in [5, 5.41) is 7.89. The fraction of sp³-hybridized carbons (Fsp3) is 0.176. The van der Waals surface area contributed by atoms with Crippen LogP contribution >= 0.6 is 0 Å². The quantitative estimate of drug-likeness (QED) is 0.525. The third-order valence-corrected chi connectivity index (χ3v) is 3.63. The summed E-state index contributed by atoms with van der Waals surface area (Å²) >= 11 is 0. The Morgan fingerprint density at radius 2 is 1.84 bits per heavy atom. The Morgan fingerprint density at radius 1 is 1.08 bits per heavy atom. The molecular weight excluding hydrogens is 332 g/mol. The van der Waals surface area contributed by atoms with Crippen molar-refractivity contribution in [2.45, 2.75) is 13.5 Å². The molecule has 0 aliphatic rings. The van der Waals surface area contributed by atoms with Crippen molar-refractivity contribution in [3.8, 4) is 0 Å². The second-order valence-electron chi connectivity index (χ2n) is 5.24. The highest BCUT2D eigenvalue weighted by atomic mass is 19.2. The summed E-state index contributed by atoms with van der Waals surface area (Å²) in [6.45, 7) is 1.98. The number of benzene rings is 2. The van der Waals surface area contributed by atoms with Crippen molar-refractivity contribution >= 4 is 22.8 Å². The Morgan fingerprint density at radius 3 is 2.56 bits per heavy atom. The van der Waals surface area contributed by atoms with Gasteiger partial charge in [0.15, 0.2) is 24.0 Å². The molecule has 0 amide bonds. The first-order chi connectivity index (χ1) is 12.0. The van der Waals surface area contributed by atoms with E-state index >= 15 is 0 Å². The van der Waals surface area contributed by atoms with E-state index in [0.29, 0.717) is 12.1 Å². The number of nitrogens with zero attached hydrogens (tertiary/aromatic N) is 3. The lowest BCUT2D eigenvalue weighted by Crippen LogP contribution is -2.14. The zero-order valence-electron chi connectivity index (χ0n) is 13.2. The van der Waals surface area contributed by atoms with Crippen LogP contribution in [0.1, 0.15) is 27.6 Å². The van der Waals surface area contributed by atoms with Crippen molar-refractivity contribution < 1.29 is 23.1 Å². The van der Waals surface area contributed by atoms with Gasteiger partial charge in [0.1, 0.15) is 5.52 Å². The predicted octanol–water partition coefficient (Wildman–Crippen LogP) is 2.77. The van der Waals surface area contributed by atoms with Gasteiger partial charge < -0.3 is 4.74 Å². The number of ether oxygens (including phenoxy) is 1. The van der Waals surface area contributed by atoms with Crippen LogP contribution in [0, 0.1) is 11.6 Å². The molecule has 1 heterocycles. The molecule has 0 saturated heterocycles. The SMILES string of the molecule is CCn1nnc2cc(C(=O)OCC(=O)c3ccc(F)c(F)c3)ccc21. The first-order valence-electron chi connectivity index (χ1n) is 7.48. The normalized spacial score (nSPS) is 10.8. The zero-order valence-corrected chi connectivity index (χ0v) is 13.2. The van der Waals surface area contributed by atoms with E-state index in [0.717, 1.165) is 23.7 Å². The van der Waals surface area contributed by atoms with Crippen LogP contribution in [0.2, 0.25) is 0 Å². The molecule has 3 rings (SSSR count). The fourth-order valence-corrected chi connectivity index (χ4v) is 2.30. The molecule has 0 fully saturated rings. The van der Waals surface area contributed by atoms with Crippen LogP contribution in [-0.2, 0) is 11.3 Å². The van der Waals surface area contributed by atoms with E-state index in [2.05, 4.69) is 10.3 Å². The summed E-state index contributed by atoms with van der Waals surface area (Å²) in [7, 11) is 0. The topological polar surface area (TPSA) is 74.1 Å². The Bertz CT molecular complexity index is 969. The van der Waals surface area contributed by atoms with Crippen molar-refractivity contribution in [1.29, 1.82) is 0 Å². The minimum atomic E-state index is -1.14. The molecule has 0 radical (unpaired) electrons. The Balaban J connectivity index is 1.69. The highest BCUT2D eigenvalue weighted by Crippen LogP contribution is 2.15. The van der Waals surface area contributed by atoms with Crippen LogP contribution in [0.4, 0.5) is 8.78 Å². The number of aryl methyl sites for hydroxylation is 1. The third kappa shape index (κ3) is 3.37. The van der Waals surface area contributed by atoms with E-state index in [1.807, 2.05) is 6.92 Å². The molecule has 0 bridgehead atoms. The lowest BCUT2D eigenvalue weighted by atomic mass is 10.1. The highest BCUT2D eigenvalue weighted by molar-refractivity contribution is 6.00. The number of esters is 1. The van der Waals surface area contributed by atoms with Gasteiger partial charge in [0.25, 0.3) is 0 Å². The van der Waals surface area contributed by atoms with Gasteiger partial charge in [-0.1, -0.05) is 5.21 Å². The van der Waals surface area contributed by atoms with Crippen molar-refractivity contribution in [2.24, 2.45) is 0 Å². The number of fused-ring (bicyclic) bond motifs is 1. The molecule has 0 aliphatic heterocycles. The first-order valence-corrected chi connectivity index (χ1v) is 7.48. The van der Waals surface area contributed by atoms with E-state index in [1.54, 1.807) is 16.8 Å². The van der Waals surface area contributed by atoms with Gasteiger partial charge in [0, 0.05) is 12.1 Å². The van der Waals surface area contributed by atoms with Gasteiger partial charge in [-0.25, -0.2) is 18.3 Å². The smallest absolute Gasteiger partial charge is 0.338 e. The molecule has 25 heavy (non-hydrogen) atoms. The zero-order chi connectivity index (χ0) is 18.0. The summed E-state index contributed by atoms with van der Waals surface area (Å²) in [6, 6.07) is 7.48. The van der Waals surface area contributed by atoms with Crippen LogP contribution in [0.25, 0.3) is 11.0 Å². The maximum atomic E-state index is 13.1. The van der Waals surface area contributed by atoms with E-state index in [9.17, 15) is 18.4 Å². The predicted molar refractivity (Wildman–Crippen MR) is 84.2 cm³/mol. The summed E-state index contributed by atoms with van der Waals surface area (Å²) in [4.78, 5) is 24.0. The Hall–Kier alpha value is -3.16.